The molecular formula is C29H31FN2O3. The molecule has 0 spiro atoms. The van der Waals surface area contributed by atoms with E-state index in [-0.39, 0.29) is 30.1 Å². The third kappa shape index (κ3) is 5.65. The van der Waals surface area contributed by atoms with Crippen LogP contribution >= 0.6 is 0 Å². The van der Waals surface area contributed by atoms with Crippen LogP contribution in [0.5, 0.6) is 11.5 Å². The van der Waals surface area contributed by atoms with E-state index in [0.717, 1.165) is 27.6 Å². The molecule has 4 rings (SSSR count). The summed E-state index contributed by atoms with van der Waals surface area (Å²) in [4.78, 5) is 13.0. The highest BCUT2D eigenvalue weighted by molar-refractivity contribution is 5.87. The molecule has 0 saturated carbocycles. The molecule has 0 aliphatic carbocycles. The summed E-state index contributed by atoms with van der Waals surface area (Å²) in [7, 11) is 3.24. The first-order valence-corrected chi connectivity index (χ1v) is 11.7. The van der Waals surface area contributed by atoms with Crippen LogP contribution in [0.2, 0.25) is 0 Å². The number of hydrogen-bond donors (Lipinski definition) is 1. The average Bonchev–Trinajstić information content (AvgIpc) is 3.21. The first kappa shape index (κ1) is 24.3. The molecule has 1 aromatic heterocycles. The van der Waals surface area contributed by atoms with Gasteiger partial charge in [0.05, 0.1) is 14.2 Å². The number of hydrogen-bond acceptors (Lipinski definition) is 3. The summed E-state index contributed by atoms with van der Waals surface area (Å²) in [6.45, 7) is 4.50. The zero-order chi connectivity index (χ0) is 24.9. The van der Waals surface area contributed by atoms with E-state index in [1.807, 2.05) is 44.2 Å². The fraction of sp³-hybridized carbons (Fsp3) is 0.276. The number of halogens is 1. The fourth-order valence-corrected chi connectivity index (χ4v) is 4.47. The normalized spacial score (nSPS) is 12.1. The predicted octanol–water partition coefficient (Wildman–Crippen LogP) is 5.89. The van der Waals surface area contributed by atoms with Gasteiger partial charge in [0.2, 0.25) is 5.91 Å². The number of amides is 1. The lowest BCUT2D eigenvalue weighted by atomic mass is 9.87. The van der Waals surface area contributed by atoms with Gasteiger partial charge < -0.3 is 19.4 Å². The van der Waals surface area contributed by atoms with E-state index in [0.29, 0.717) is 18.0 Å². The molecule has 4 aromatic rings. The Hall–Kier alpha value is -3.80. The first-order chi connectivity index (χ1) is 16.9. The maximum absolute atomic E-state index is 13.4. The number of carbonyl (C=O) groups is 1. The number of rotatable bonds is 9. The molecule has 5 nitrogen and oxygen atoms in total. The number of carbonyl (C=O) groups excluding carboxylic acids is 1. The number of nitrogens with one attached hydrogen (secondary N) is 1. The lowest BCUT2D eigenvalue weighted by Gasteiger charge is -2.20. The van der Waals surface area contributed by atoms with Crippen molar-refractivity contribution in [3.63, 3.8) is 0 Å². The molecule has 1 atom stereocenters. The van der Waals surface area contributed by atoms with Gasteiger partial charge in [0.25, 0.3) is 0 Å². The third-order valence-electron chi connectivity index (χ3n) is 6.08. The smallest absolute Gasteiger partial charge is 0.221 e. The molecule has 0 unspecified atom stereocenters. The summed E-state index contributed by atoms with van der Waals surface area (Å²) in [5.74, 6) is 0.835. The largest absolute Gasteiger partial charge is 0.497 e. The maximum Gasteiger partial charge on any atom is 0.221 e. The van der Waals surface area contributed by atoms with Crippen molar-refractivity contribution >= 4 is 16.8 Å². The molecular weight excluding hydrogens is 443 g/mol. The number of nitrogens with zero attached hydrogens (tertiary/aromatic N) is 1. The number of fused-ring (bicyclic) bond motifs is 1. The third-order valence-corrected chi connectivity index (χ3v) is 6.08. The lowest BCUT2D eigenvalue weighted by Crippen LogP contribution is -2.31. The van der Waals surface area contributed by atoms with Crippen molar-refractivity contribution in [3.05, 3.63) is 95.4 Å². The minimum atomic E-state index is -0.255. The highest BCUT2D eigenvalue weighted by Crippen LogP contribution is 2.38. The summed E-state index contributed by atoms with van der Waals surface area (Å²) >= 11 is 0. The highest BCUT2D eigenvalue weighted by atomic mass is 19.1. The van der Waals surface area contributed by atoms with E-state index in [1.165, 1.54) is 12.1 Å². The highest BCUT2D eigenvalue weighted by Gasteiger charge is 2.24. The van der Waals surface area contributed by atoms with Gasteiger partial charge in [0.1, 0.15) is 17.3 Å². The number of aromatic nitrogens is 1. The van der Waals surface area contributed by atoms with Crippen LogP contribution in [-0.4, -0.2) is 30.7 Å². The molecule has 1 N–H and O–H groups in total. The molecule has 0 aliphatic heterocycles. The number of ether oxygens (including phenoxy) is 2. The van der Waals surface area contributed by atoms with Crippen LogP contribution in [0.15, 0.2) is 72.9 Å². The standard InChI is InChI=1S/C29H31FN2O3/c1-19(2)31-29(33)16-26(21-13-23(34-3)15-24(14-21)35-4)27-18-32(28-8-6-5-7-25(27)28)17-20-9-11-22(30)12-10-20/h5-15,18-19,26H,16-17H2,1-4H3,(H,31,33)/t26-/m1/s1. The van der Waals surface area contributed by atoms with Gasteiger partial charge in [-0.05, 0) is 60.9 Å². The number of benzene rings is 3. The van der Waals surface area contributed by atoms with Gasteiger partial charge in [0.15, 0.2) is 0 Å². The minimum Gasteiger partial charge on any atom is -0.497 e. The van der Waals surface area contributed by atoms with E-state index in [1.54, 1.807) is 26.4 Å². The molecule has 0 fully saturated rings. The van der Waals surface area contributed by atoms with E-state index in [4.69, 9.17) is 9.47 Å². The second-order valence-corrected chi connectivity index (χ2v) is 8.98. The van der Waals surface area contributed by atoms with Crippen LogP contribution < -0.4 is 14.8 Å². The summed E-state index contributed by atoms with van der Waals surface area (Å²) < 4.78 is 26.6. The average molecular weight is 475 g/mol. The lowest BCUT2D eigenvalue weighted by molar-refractivity contribution is -0.121. The Kier molecular flexibility index (Phi) is 7.39. The Morgan fingerprint density at radius 1 is 0.971 bits per heavy atom. The van der Waals surface area contributed by atoms with Gasteiger partial charge in [-0.25, -0.2) is 4.39 Å². The molecule has 182 valence electrons. The summed E-state index contributed by atoms with van der Waals surface area (Å²) in [6, 6.07) is 20.5. The van der Waals surface area contributed by atoms with Crippen molar-refractivity contribution in [3.8, 4) is 11.5 Å². The molecule has 0 bridgehead atoms. The fourth-order valence-electron chi connectivity index (χ4n) is 4.47. The molecule has 0 saturated heterocycles. The Morgan fingerprint density at radius 2 is 1.63 bits per heavy atom. The summed E-state index contributed by atoms with van der Waals surface area (Å²) in [6.07, 6.45) is 2.38. The van der Waals surface area contributed by atoms with Gasteiger partial charge in [-0.3, -0.25) is 4.79 Å². The van der Waals surface area contributed by atoms with Crippen molar-refractivity contribution in [1.29, 1.82) is 0 Å². The van der Waals surface area contributed by atoms with Crippen LogP contribution in [0.1, 0.15) is 42.9 Å². The van der Waals surface area contributed by atoms with Crippen molar-refractivity contribution in [2.75, 3.05) is 14.2 Å². The molecule has 3 aromatic carbocycles. The molecule has 1 amide bonds. The van der Waals surface area contributed by atoms with Crippen molar-refractivity contribution in [1.82, 2.24) is 9.88 Å². The van der Waals surface area contributed by atoms with E-state index in [2.05, 4.69) is 28.2 Å². The Balaban J connectivity index is 1.84. The molecule has 0 aliphatic rings. The van der Waals surface area contributed by atoms with Gasteiger partial charge in [0, 0.05) is 48.1 Å². The van der Waals surface area contributed by atoms with E-state index in [9.17, 15) is 9.18 Å². The molecule has 6 heteroatoms. The van der Waals surface area contributed by atoms with Crippen LogP contribution in [-0.2, 0) is 11.3 Å². The Labute approximate surface area is 205 Å². The molecule has 1 heterocycles. The van der Waals surface area contributed by atoms with Crippen LogP contribution in [0.4, 0.5) is 4.39 Å². The second kappa shape index (κ2) is 10.6. The topological polar surface area (TPSA) is 52.5 Å². The van der Waals surface area contributed by atoms with Crippen LogP contribution in [0.3, 0.4) is 0 Å². The SMILES string of the molecule is COc1cc(OC)cc([C@@H](CC(=O)NC(C)C)c2cn(Cc3ccc(F)cc3)c3ccccc23)c1. The van der Waals surface area contributed by atoms with Gasteiger partial charge in [-0.2, -0.15) is 0 Å². The van der Waals surface area contributed by atoms with Crippen molar-refractivity contribution in [2.45, 2.75) is 38.8 Å². The van der Waals surface area contributed by atoms with Gasteiger partial charge in [-0.15, -0.1) is 0 Å². The van der Waals surface area contributed by atoms with E-state index < -0.39 is 0 Å². The molecule has 0 radical (unpaired) electrons. The maximum atomic E-state index is 13.4. The quantitative estimate of drug-likeness (QED) is 0.329. The zero-order valence-corrected chi connectivity index (χ0v) is 20.5. The molecule has 35 heavy (non-hydrogen) atoms. The Bertz CT molecular complexity index is 1290. The summed E-state index contributed by atoms with van der Waals surface area (Å²) in [5.41, 5.74) is 4.02. The van der Waals surface area contributed by atoms with Gasteiger partial charge >= 0.3 is 0 Å². The Morgan fingerprint density at radius 3 is 2.26 bits per heavy atom. The van der Waals surface area contributed by atoms with Crippen LogP contribution in [0, 0.1) is 5.82 Å². The zero-order valence-electron chi connectivity index (χ0n) is 20.5. The van der Waals surface area contributed by atoms with Crippen LogP contribution in [0.25, 0.3) is 10.9 Å². The predicted molar refractivity (Wildman–Crippen MR) is 137 cm³/mol. The summed E-state index contributed by atoms with van der Waals surface area (Å²) in [5, 5.41) is 4.09. The first-order valence-electron chi connectivity index (χ1n) is 11.7. The van der Waals surface area contributed by atoms with Gasteiger partial charge in [-0.1, -0.05) is 30.3 Å². The monoisotopic (exact) mass is 474 g/mol. The minimum absolute atomic E-state index is 0.0258. The number of methoxy groups -OCH3 is 2. The van der Waals surface area contributed by atoms with E-state index >= 15 is 0 Å². The number of para-hydroxylation sites is 1. The van der Waals surface area contributed by atoms with Crippen molar-refractivity contribution in [2.24, 2.45) is 0 Å². The second-order valence-electron chi connectivity index (χ2n) is 8.98. The van der Waals surface area contributed by atoms with Crippen molar-refractivity contribution < 1.29 is 18.7 Å².